The molecule has 0 aliphatic heterocycles. The third-order valence-electron chi connectivity index (χ3n) is 4.42. The van der Waals surface area contributed by atoms with Gasteiger partial charge >= 0.3 is 12.6 Å². The topological polar surface area (TPSA) is 61.8 Å². The molecule has 0 saturated heterocycles. The Morgan fingerprint density at radius 3 is 2.43 bits per heavy atom. The molecule has 5 nitrogen and oxygen atoms in total. The molecule has 0 spiro atoms. The molecule has 0 unspecified atom stereocenters. The summed E-state index contributed by atoms with van der Waals surface area (Å²) in [5.74, 6) is -0.971. The van der Waals surface area contributed by atoms with Crippen LogP contribution in [0, 0.1) is 0 Å². The Balaban J connectivity index is 2.01. The highest BCUT2D eigenvalue weighted by atomic mass is 19.3. The quantitative estimate of drug-likeness (QED) is 0.313. The molecule has 0 amide bonds. The highest BCUT2D eigenvalue weighted by molar-refractivity contribution is 6.00. The van der Waals surface area contributed by atoms with Gasteiger partial charge in [-0.1, -0.05) is 32.0 Å². The number of esters is 1. The number of benzene rings is 2. The second-order valence-electron chi connectivity index (χ2n) is 6.35. The van der Waals surface area contributed by atoms with Crippen LogP contribution in [0.1, 0.15) is 40.9 Å². The van der Waals surface area contributed by atoms with E-state index in [1.807, 2.05) is 32.0 Å². The van der Waals surface area contributed by atoms with E-state index in [-0.39, 0.29) is 23.9 Å². The fourth-order valence-corrected chi connectivity index (χ4v) is 2.82. The van der Waals surface area contributed by atoms with Gasteiger partial charge < -0.3 is 14.2 Å². The fraction of sp³-hybridized carbons (Fsp3) is 0.304. The van der Waals surface area contributed by atoms with Gasteiger partial charge in [-0.3, -0.25) is 4.79 Å². The number of methoxy groups -OCH3 is 1. The molecular formula is C23H24F2O5. The highest BCUT2D eigenvalue weighted by Crippen LogP contribution is 2.29. The first-order chi connectivity index (χ1) is 14.4. The number of carbonyl (C=O) groups is 2. The van der Waals surface area contributed by atoms with Crippen LogP contribution in [0.5, 0.6) is 11.5 Å². The van der Waals surface area contributed by atoms with Gasteiger partial charge in [0.1, 0.15) is 0 Å². The van der Waals surface area contributed by atoms with Gasteiger partial charge in [-0.05, 0) is 53.8 Å². The molecule has 7 heteroatoms. The van der Waals surface area contributed by atoms with Gasteiger partial charge in [-0.2, -0.15) is 8.78 Å². The van der Waals surface area contributed by atoms with E-state index in [0.717, 1.165) is 23.6 Å². The predicted molar refractivity (Wildman–Crippen MR) is 109 cm³/mol. The smallest absolute Gasteiger partial charge is 0.387 e. The van der Waals surface area contributed by atoms with E-state index in [1.54, 1.807) is 0 Å². The largest absolute Gasteiger partial charge is 0.493 e. The SMILES string of the molecule is CCc1ccc(CC)c(C(=O)COC(=O)/C=C/c2ccc(OC(F)F)c(OC)c2)c1. The Kier molecular flexibility index (Phi) is 8.53. The molecule has 2 rings (SSSR count). The summed E-state index contributed by atoms with van der Waals surface area (Å²) in [5, 5.41) is 0. The van der Waals surface area contributed by atoms with E-state index in [1.165, 1.54) is 31.4 Å². The van der Waals surface area contributed by atoms with Crippen LogP contribution in [0.25, 0.3) is 6.08 Å². The number of hydrogen-bond acceptors (Lipinski definition) is 5. The molecule has 0 aliphatic rings. The molecular weight excluding hydrogens is 394 g/mol. The van der Waals surface area contributed by atoms with Gasteiger partial charge in [0.05, 0.1) is 7.11 Å². The zero-order valence-electron chi connectivity index (χ0n) is 17.1. The number of alkyl halides is 2. The second-order valence-corrected chi connectivity index (χ2v) is 6.35. The van der Waals surface area contributed by atoms with Crippen LogP contribution in [-0.4, -0.2) is 32.1 Å². The molecule has 0 N–H and O–H groups in total. The van der Waals surface area contributed by atoms with Crippen molar-refractivity contribution in [1.29, 1.82) is 0 Å². The molecule has 0 bridgehead atoms. The summed E-state index contributed by atoms with van der Waals surface area (Å²) < 4.78 is 39.2. The minimum Gasteiger partial charge on any atom is -0.493 e. The maximum Gasteiger partial charge on any atom is 0.387 e. The first-order valence-corrected chi connectivity index (χ1v) is 9.50. The van der Waals surface area contributed by atoms with E-state index in [9.17, 15) is 18.4 Å². The summed E-state index contributed by atoms with van der Waals surface area (Å²) in [4.78, 5) is 24.5. The molecule has 0 aliphatic carbocycles. The van der Waals surface area contributed by atoms with Crippen LogP contribution in [0.15, 0.2) is 42.5 Å². The van der Waals surface area contributed by atoms with Crippen LogP contribution in [0.4, 0.5) is 8.78 Å². The summed E-state index contributed by atoms with van der Waals surface area (Å²) in [7, 11) is 1.32. The average molecular weight is 418 g/mol. The number of aryl methyl sites for hydroxylation is 2. The molecule has 0 fully saturated rings. The zero-order valence-corrected chi connectivity index (χ0v) is 17.1. The normalized spacial score (nSPS) is 11.0. The van der Waals surface area contributed by atoms with Gasteiger partial charge in [0.15, 0.2) is 18.1 Å². The Labute approximate surface area is 174 Å². The van der Waals surface area contributed by atoms with Crippen LogP contribution in [0.3, 0.4) is 0 Å². The molecule has 2 aromatic rings. The summed E-state index contributed by atoms with van der Waals surface area (Å²) in [6.45, 7) is 0.618. The van der Waals surface area contributed by atoms with Crippen molar-refractivity contribution < 1.29 is 32.6 Å². The second kappa shape index (κ2) is 11.1. The fourth-order valence-electron chi connectivity index (χ4n) is 2.82. The molecule has 2 aromatic carbocycles. The lowest BCUT2D eigenvalue weighted by Gasteiger charge is -2.10. The van der Waals surface area contributed by atoms with Crippen molar-refractivity contribution in [2.45, 2.75) is 33.3 Å². The standard InChI is InChI=1S/C23H24F2O5/c1-4-15-6-9-17(5-2)18(12-15)19(26)14-29-22(27)11-8-16-7-10-20(30-23(24)25)21(13-16)28-3/h6-13,23H,4-5,14H2,1-3H3/b11-8+. The molecule has 0 heterocycles. The van der Waals surface area contributed by atoms with Gasteiger partial charge in [0.25, 0.3) is 0 Å². The zero-order chi connectivity index (χ0) is 22.1. The molecule has 0 saturated carbocycles. The maximum absolute atomic E-state index is 12.5. The molecule has 30 heavy (non-hydrogen) atoms. The average Bonchev–Trinajstić information content (AvgIpc) is 2.75. The van der Waals surface area contributed by atoms with Gasteiger partial charge in [0, 0.05) is 11.6 Å². The van der Waals surface area contributed by atoms with Crippen molar-refractivity contribution in [2.24, 2.45) is 0 Å². The molecule has 160 valence electrons. The van der Waals surface area contributed by atoms with Crippen molar-refractivity contribution in [3.63, 3.8) is 0 Å². The maximum atomic E-state index is 12.5. The Hall–Kier alpha value is -3.22. The molecule has 0 radical (unpaired) electrons. The van der Waals surface area contributed by atoms with Crippen LogP contribution in [0.2, 0.25) is 0 Å². The first-order valence-electron chi connectivity index (χ1n) is 9.50. The van der Waals surface area contributed by atoms with Crippen molar-refractivity contribution in [2.75, 3.05) is 13.7 Å². The van der Waals surface area contributed by atoms with E-state index in [2.05, 4.69) is 4.74 Å². The van der Waals surface area contributed by atoms with Crippen molar-refractivity contribution >= 4 is 17.8 Å². The van der Waals surface area contributed by atoms with Crippen LogP contribution >= 0.6 is 0 Å². The Morgan fingerprint density at radius 2 is 1.80 bits per heavy atom. The van der Waals surface area contributed by atoms with E-state index in [0.29, 0.717) is 17.5 Å². The summed E-state index contributed by atoms with van der Waals surface area (Å²) >= 11 is 0. The lowest BCUT2D eigenvalue weighted by molar-refractivity contribution is -0.136. The number of ketones is 1. The van der Waals surface area contributed by atoms with Gasteiger partial charge in [-0.15, -0.1) is 0 Å². The van der Waals surface area contributed by atoms with Gasteiger partial charge in [0.2, 0.25) is 5.78 Å². The van der Waals surface area contributed by atoms with Crippen molar-refractivity contribution in [1.82, 2.24) is 0 Å². The number of halogens is 2. The summed E-state index contributed by atoms with van der Waals surface area (Å²) in [6.07, 6.45) is 4.08. The van der Waals surface area contributed by atoms with Gasteiger partial charge in [-0.25, -0.2) is 4.79 Å². The molecule has 0 aromatic heterocycles. The van der Waals surface area contributed by atoms with Crippen molar-refractivity contribution in [3.05, 3.63) is 64.7 Å². The number of ether oxygens (including phenoxy) is 3. The number of Topliss-reactive ketones (excluding diaryl/α,β-unsaturated/α-hetero) is 1. The van der Waals surface area contributed by atoms with E-state index < -0.39 is 12.6 Å². The minimum atomic E-state index is -2.97. The first kappa shape index (κ1) is 23.1. The van der Waals surface area contributed by atoms with Crippen molar-refractivity contribution in [3.8, 4) is 11.5 Å². The monoisotopic (exact) mass is 418 g/mol. The lowest BCUT2D eigenvalue weighted by Crippen LogP contribution is -2.14. The van der Waals surface area contributed by atoms with E-state index in [4.69, 9.17) is 9.47 Å². The third kappa shape index (κ3) is 6.40. The number of rotatable bonds is 10. The minimum absolute atomic E-state index is 0.101. The lowest BCUT2D eigenvalue weighted by atomic mass is 9.98. The highest BCUT2D eigenvalue weighted by Gasteiger charge is 2.14. The number of carbonyl (C=O) groups excluding carboxylic acids is 2. The van der Waals surface area contributed by atoms with Crippen LogP contribution < -0.4 is 9.47 Å². The Morgan fingerprint density at radius 1 is 1.03 bits per heavy atom. The Bertz CT molecular complexity index is 922. The summed E-state index contributed by atoms with van der Waals surface area (Å²) in [5.41, 5.74) is 3.02. The summed E-state index contributed by atoms with van der Waals surface area (Å²) in [6, 6.07) is 9.97. The predicted octanol–water partition coefficient (Wildman–Crippen LogP) is 4.86. The van der Waals surface area contributed by atoms with Crippen LogP contribution in [-0.2, 0) is 22.4 Å². The molecule has 0 atom stereocenters. The third-order valence-corrected chi connectivity index (χ3v) is 4.42. The van der Waals surface area contributed by atoms with E-state index >= 15 is 0 Å². The number of hydrogen-bond donors (Lipinski definition) is 0.